The maximum absolute atomic E-state index is 13.4. The Hall–Kier alpha value is -2.63. The van der Waals surface area contributed by atoms with Crippen molar-refractivity contribution in [3.8, 4) is 0 Å². The molecule has 0 N–H and O–H groups in total. The SMILES string of the molecule is O=C(Cc1cccc(F)c1F)c1ccc([N+](=O)[O-])cc1. The number of halogens is 2. The number of carbonyl (C=O) groups excluding carboxylic acids is 1. The van der Waals surface area contributed by atoms with Crippen LogP contribution in [0, 0.1) is 21.7 Å². The maximum atomic E-state index is 13.4. The van der Waals surface area contributed by atoms with E-state index in [4.69, 9.17) is 0 Å². The van der Waals surface area contributed by atoms with Crippen molar-refractivity contribution in [3.63, 3.8) is 0 Å². The fourth-order valence-corrected chi connectivity index (χ4v) is 1.73. The highest BCUT2D eigenvalue weighted by atomic mass is 19.2. The van der Waals surface area contributed by atoms with Gasteiger partial charge in [-0.2, -0.15) is 0 Å². The Morgan fingerprint density at radius 3 is 2.35 bits per heavy atom. The van der Waals surface area contributed by atoms with Gasteiger partial charge in [0.2, 0.25) is 0 Å². The lowest BCUT2D eigenvalue weighted by atomic mass is 10.0. The van der Waals surface area contributed by atoms with Gasteiger partial charge in [-0.15, -0.1) is 0 Å². The van der Waals surface area contributed by atoms with Crippen LogP contribution in [0.4, 0.5) is 14.5 Å². The Balaban J connectivity index is 2.20. The van der Waals surface area contributed by atoms with E-state index in [1.165, 1.54) is 36.4 Å². The van der Waals surface area contributed by atoms with Crippen molar-refractivity contribution >= 4 is 11.5 Å². The van der Waals surface area contributed by atoms with Gasteiger partial charge in [0.05, 0.1) is 4.92 Å². The van der Waals surface area contributed by atoms with Crippen LogP contribution in [0.1, 0.15) is 15.9 Å². The van der Waals surface area contributed by atoms with Crippen molar-refractivity contribution in [1.29, 1.82) is 0 Å². The minimum Gasteiger partial charge on any atom is -0.294 e. The van der Waals surface area contributed by atoms with Gasteiger partial charge in [0.15, 0.2) is 17.4 Å². The number of Topliss-reactive ketones (excluding diaryl/α,β-unsaturated/α-hetero) is 1. The first-order valence-electron chi connectivity index (χ1n) is 5.69. The summed E-state index contributed by atoms with van der Waals surface area (Å²) in [5.41, 5.74) is 0.0195. The van der Waals surface area contributed by atoms with Crippen molar-refractivity contribution in [2.24, 2.45) is 0 Å². The van der Waals surface area contributed by atoms with E-state index in [1.807, 2.05) is 0 Å². The number of benzene rings is 2. The second kappa shape index (κ2) is 5.56. The number of carbonyl (C=O) groups is 1. The minimum atomic E-state index is -1.05. The van der Waals surface area contributed by atoms with Gasteiger partial charge < -0.3 is 0 Å². The number of nitro groups is 1. The van der Waals surface area contributed by atoms with Crippen LogP contribution in [-0.2, 0) is 6.42 Å². The standard InChI is InChI=1S/C14H9F2NO3/c15-12-3-1-2-10(14(12)16)8-13(18)9-4-6-11(7-5-9)17(19)20/h1-7H,8H2. The summed E-state index contributed by atoms with van der Waals surface area (Å²) < 4.78 is 26.4. The highest BCUT2D eigenvalue weighted by Crippen LogP contribution is 2.16. The zero-order valence-electron chi connectivity index (χ0n) is 10.2. The lowest BCUT2D eigenvalue weighted by Crippen LogP contribution is -2.06. The van der Waals surface area contributed by atoms with Gasteiger partial charge in [0.1, 0.15) is 0 Å². The quantitative estimate of drug-likeness (QED) is 0.489. The van der Waals surface area contributed by atoms with Crippen molar-refractivity contribution in [3.05, 3.63) is 75.3 Å². The van der Waals surface area contributed by atoms with E-state index in [-0.39, 0.29) is 23.2 Å². The maximum Gasteiger partial charge on any atom is 0.269 e. The fraction of sp³-hybridized carbons (Fsp3) is 0.0714. The minimum absolute atomic E-state index is 0.0478. The van der Waals surface area contributed by atoms with Crippen molar-refractivity contribution in [1.82, 2.24) is 0 Å². The predicted octanol–water partition coefficient (Wildman–Crippen LogP) is 3.30. The summed E-state index contributed by atoms with van der Waals surface area (Å²) in [6.45, 7) is 0. The lowest BCUT2D eigenvalue weighted by molar-refractivity contribution is -0.384. The fourth-order valence-electron chi connectivity index (χ4n) is 1.73. The smallest absolute Gasteiger partial charge is 0.269 e. The first-order valence-corrected chi connectivity index (χ1v) is 5.69. The normalized spacial score (nSPS) is 10.3. The molecule has 0 aliphatic rings. The number of nitro benzene ring substituents is 1. The first-order chi connectivity index (χ1) is 9.49. The van der Waals surface area contributed by atoms with Crippen molar-refractivity contribution < 1.29 is 18.5 Å². The average molecular weight is 277 g/mol. The first kappa shape index (κ1) is 13.8. The largest absolute Gasteiger partial charge is 0.294 e. The molecule has 2 rings (SSSR count). The highest BCUT2D eigenvalue weighted by Gasteiger charge is 2.14. The molecule has 0 saturated carbocycles. The molecule has 0 aliphatic carbocycles. The van der Waals surface area contributed by atoms with E-state index in [2.05, 4.69) is 0 Å². The average Bonchev–Trinajstić information content (AvgIpc) is 2.44. The second-order valence-corrected chi connectivity index (χ2v) is 4.12. The summed E-state index contributed by atoms with van der Waals surface area (Å²) in [6, 6.07) is 8.56. The molecule has 0 heterocycles. The third kappa shape index (κ3) is 2.85. The van der Waals surface area contributed by atoms with Gasteiger partial charge in [-0.05, 0) is 23.8 Å². The number of hydrogen-bond acceptors (Lipinski definition) is 3. The Morgan fingerprint density at radius 1 is 1.10 bits per heavy atom. The van der Waals surface area contributed by atoms with E-state index < -0.39 is 22.3 Å². The van der Waals surface area contributed by atoms with Crippen LogP contribution in [0.5, 0.6) is 0 Å². The van der Waals surface area contributed by atoms with E-state index in [1.54, 1.807) is 0 Å². The van der Waals surface area contributed by atoms with Crippen LogP contribution >= 0.6 is 0 Å². The van der Waals surface area contributed by atoms with Crippen LogP contribution in [0.25, 0.3) is 0 Å². The molecule has 0 radical (unpaired) electrons. The van der Waals surface area contributed by atoms with E-state index in [0.29, 0.717) is 0 Å². The third-order valence-corrected chi connectivity index (χ3v) is 2.78. The summed E-state index contributed by atoms with van der Waals surface area (Å²) in [5.74, 6) is -2.51. The van der Waals surface area contributed by atoms with Gasteiger partial charge >= 0.3 is 0 Å². The molecule has 0 aromatic heterocycles. The zero-order valence-corrected chi connectivity index (χ0v) is 10.2. The summed E-state index contributed by atoms with van der Waals surface area (Å²) in [6.07, 6.45) is -0.304. The van der Waals surface area contributed by atoms with Crippen LogP contribution in [0.3, 0.4) is 0 Å². The molecule has 20 heavy (non-hydrogen) atoms. The van der Waals surface area contributed by atoms with Crippen LogP contribution in [0.2, 0.25) is 0 Å². The Bertz CT molecular complexity index is 669. The Kier molecular flexibility index (Phi) is 3.84. The number of hydrogen-bond donors (Lipinski definition) is 0. The predicted molar refractivity (Wildman–Crippen MR) is 67.5 cm³/mol. The van der Waals surface area contributed by atoms with Gasteiger partial charge in [-0.25, -0.2) is 8.78 Å². The van der Waals surface area contributed by atoms with E-state index in [0.717, 1.165) is 6.07 Å². The third-order valence-electron chi connectivity index (χ3n) is 2.78. The summed E-state index contributed by atoms with van der Waals surface area (Å²) in [5, 5.41) is 10.5. The van der Waals surface area contributed by atoms with E-state index in [9.17, 15) is 23.7 Å². The summed E-state index contributed by atoms with van der Waals surface area (Å²) in [7, 11) is 0. The molecular formula is C14H9F2NO3. The Labute approximate surface area is 112 Å². The monoisotopic (exact) mass is 277 g/mol. The highest BCUT2D eigenvalue weighted by molar-refractivity contribution is 5.97. The number of non-ortho nitro benzene ring substituents is 1. The van der Waals surface area contributed by atoms with Crippen LogP contribution in [0.15, 0.2) is 42.5 Å². The number of ketones is 1. The molecule has 4 nitrogen and oxygen atoms in total. The van der Waals surface area contributed by atoms with Gasteiger partial charge in [0, 0.05) is 24.1 Å². The summed E-state index contributed by atoms with van der Waals surface area (Å²) >= 11 is 0. The molecule has 102 valence electrons. The molecule has 2 aromatic rings. The Morgan fingerprint density at radius 2 is 1.75 bits per heavy atom. The molecule has 0 spiro atoms. The molecule has 0 aliphatic heterocycles. The molecule has 0 fully saturated rings. The van der Waals surface area contributed by atoms with Crippen molar-refractivity contribution in [2.45, 2.75) is 6.42 Å². The molecule has 0 unspecified atom stereocenters. The topological polar surface area (TPSA) is 60.2 Å². The van der Waals surface area contributed by atoms with Gasteiger partial charge in [-0.3, -0.25) is 14.9 Å². The molecule has 0 bridgehead atoms. The molecular weight excluding hydrogens is 268 g/mol. The molecule has 0 amide bonds. The molecule has 6 heteroatoms. The van der Waals surface area contributed by atoms with Gasteiger partial charge in [-0.1, -0.05) is 12.1 Å². The van der Waals surface area contributed by atoms with E-state index >= 15 is 0 Å². The number of nitrogens with zero attached hydrogens (tertiary/aromatic N) is 1. The molecule has 2 aromatic carbocycles. The second-order valence-electron chi connectivity index (χ2n) is 4.12. The summed E-state index contributed by atoms with van der Waals surface area (Å²) in [4.78, 5) is 21.8. The van der Waals surface area contributed by atoms with Gasteiger partial charge in [0.25, 0.3) is 5.69 Å². The zero-order chi connectivity index (χ0) is 14.7. The molecule has 0 saturated heterocycles. The number of rotatable bonds is 4. The lowest BCUT2D eigenvalue weighted by Gasteiger charge is -2.03. The van der Waals surface area contributed by atoms with Crippen LogP contribution in [-0.4, -0.2) is 10.7 Å². The van der Waals surface area contributed by atoms with Crippen LogP contribution < -0.4 is 0 Å². The molecule has 0 atom stereocenters. The van der Waals surface area contributed by atoms with Crippen molar-refractivity contribution in [2.75, 3.05) is 0 Å².